The van der Waals surface area contributed by atoms with E-state index in [2.05, 4.69) is 5.32 Å². The molecule has 1 unspecified atom stereocenters. The third kappa shape index (κ3) is 11.1. The Labute approximate surface area is 91.5 Å². The molecule has 1 amide bonds. The number of carbonyl (C=O) groups is 1. The van der Waals surface area contributed by atoms with Crippen molar-refractivity contribution in [3.05, 3.63) is 12.2 Å². The van der Waals surface area contributed by atoms with E-state index in [9.17, 15) is 9.90 Å². The number of nitrogens with two attached hydrogens (primary N) is 1. The van der Waals surface area contributed by atoms with Gasteiger partial charge < -0.3 is 16.2 Å². The van der Waals surface area contributed by atoms with E-state index < -0.39 is 6.10 Å². The number of rotatable bonds is 9. The molecule has 0 saturated carbocycles. The molecule has 0 aromatic rings. The summed E-state index contributed by atoms with van der Waals surface area (Å²) < 4.78 is 0. The van der Waals surface area contributed by atoms with Gasteiger partial charge in [0.05, 0.1) is 6.10 Å². The van der Waals surface area contributed by atoms with Crippen LogP contribution in [0.15, 0.2) is 12.2 Å². The van der Waals surface area contributed by atoms with Crippen LogP contribution < -0.4 is 11.1 Å². The Hall–Kier alpha value is -0.870. The highest BCUT2D eigenvalue weighted by Crippen LogP contribution is 2.04. The molecule has 4 nitrogen and oxygen atoms in total. The average molecular weight is 214 g/mol. The van der Waals surface area contributed by atoms with Gasteiger partial charge in [0.2, 0.25) is 5.91 Å². The number of amides is 1. The number of nitrogens with one attached hydrogen (secondary N) is 1. The van der Waals surface area contributed by atoms with Gasteiger partial charge >= 0.3 is 0 Å². The highest BCUT2D eigenvalue weighted by atomic mass is 16.3. The predicted octanol–water partition coefficient (Wildman–Crippen LogP) is 0.559. The molecule has 0 rings (SSSR count). The summed E-state index contributed by atoms with van der Waals surface area (Å²) in [6.45, 7) is 1.02. The molecule has 15 heavy (non-hydrogen) atoms. The monoisotopic (exact) mass is 214 g/mol. The van der Waals surface area contributed by atoms with Crippen molar-refractivity contribution in [2.75, 3.05) is 13.6 Å². The third-order valence-corrected chi connectivity index (χ3v) is 2.10. The molecule has 0 fully saturated rings. The summed E-state index contributed by atoms with van der Waals surface area (Å²) in [6.07, 6.45) is 7.03. The van der Waals surface area contributed by atoms with E-state index in [1.165, 1.54) is 0 Å². The van der Waals surface area contributed by atoms with Crippen molar-refractivity contribution in [2.45, 2.75) is 38.2 Å². The van der Waals surface area contributed by atoms with Crippen LogP contribution in [0.5, 0.6) is 0 Å². The Morgan fingerprint density at radius 1 is 1.47 bits per heavy atom. The first-order valence-corrected chi connectivity index (χ1v) is 5.44. The van der Waals surface area contributed by atoms with E-state index in [1.807, 2.05) is 7.05 Å². The lowest BCUT2D eigenvalue weighted by Crippen LogP contribution is -2.09. The molecule has 4 heteroatoms. The van der Waals surface area contributed by atoms with Crippen LogP contribution in [-0.2, 0) is 4.79 Å². The third-order valence-electron chi connectivity index (χ3n) is 2.10. The lowest BCUT2D eigenvalue weighted by Gasteiger charge is -2.04. The summed E-state index contributed by atoms with van der Waals surface area (Å²) in [5, 5.41) is 12.5. The number of unbranched alkanes of at least 4 members (excludes halogenated alkanes) is 2. The smallest absolute Gasteiger partial charge is 0.221 e. The minimum Gasteiger partial charge on any atom is -0.389 e. The zero-order valence-corrected chi connectivity index (χ0v) is 9.41. The molecule has 0 aliphatic rings. The van der Waals surface area contributed by atoms with Crippen molar-refractivity contribution in [2.24, 2.45) is 5.73 Å². The van der Waals surface area contributed by atoms with E-state index in [1.54, 1.807) is 12.2 Å². The Kier molecular flexibility index (Phi) is 9.11. The molecule has 4 N–H and O–H groups in total. The standard InChI is InChI=1S/C11H22N2O2/c1-13-9-4-2-3-6-10(14)7-5-8-11(12)15/h5,7,10,13-14H,2-4,6,8-9H2,1H3,(H2,12,15). The lowest BCUT2D eigenvalue weighted by atomic mass is 10.1. The van der Waals surface area contributed by atoms with E-state index in [-0.39, 0.29) is 12.3 Å². The fourth-order valence-electron chi connectivity index (χ4n) is 1.27. The van der Waals surface area contributed by atoms with E-state index in [0.29, 0.717) is 0 Å². The van der Waals surface area contributed by atoms with Gasteiger partial charge in [0.15, 0.2) is 0 Å². The van der Waals surface area contributed by atoms with Crippen LogP contribution in [0.25, 0.3) is 0 Å². The van der Waals surface area contributed by atoms with Gasteiger partial charge in [-0.05, 0) is 26.4 Å². The molecule has 0 aliphatic carbocycles. The molecule has 0 aliphatic heterocycles. The minimum atomic E-state index is -0.445. The van der Waals surface area contributed by atoms with E-state index in [4.69, 9.17) is 5.73 Å². The fourth-order valence-corrected chi connectivity index (χ4v) is 1.27. The maximum absolute atomic E-state index is 10.4. The molecule has 0 aromatic heterocycles. The van der Waals surface area contributed by atoms with Crippen LogP contribution >= 0.6 is 0 Å². The highest BCUT2D eigenvalue weighted by molar-refractivity contribution is 5.75. The van der Waals surface area contributed by atoms with Crippen molar-refractivity contribution in [3.8, 4) is 0 Å². The topological polar surface area (TPSA) is 75.3 Å². The van der Waals surface area contributed by atoms with Crippen molar-refractivity contribution in [1.82, 2.24) is 5.32 Å². The molecule has 1 atom stereocenters. The second kappa shape index (κ2) is 9.68. The number of hydrogen-bond acceptors (Lipinski definition) is 3. The molecule has 0 bridgehead atoms. The first-order chi connectivity index (χ1) is 7.16. The van der Waals surface area contributed by atoms with E-state index >= 15 is 0 Å². The highest BCUT2D eigenvalue weighted by Gasteiger charge is 1.98. The van der Waals surface area contributed by atoms with Gasteiger partial charge in [-0.1, -0.05) is 25.0 Å². The second-order valence-corrected chi connectivity index (χ2v) is 3.62. The quantitative estimate of drug-likeness (QED) is 0.388. The Morgan fingerprint density at radius 2 is 2.20 bits per heavy atom. The molecular formula is C11H22N2O2. The average Bonchev–Trinajstić information content (AvgIpc) is 2.17. The normalized spacial score (nSPS) is 13.2. The van der Waals surface area contributed by atoms with E-state index in [0.717, 1.165) is 32.2 Å². The molecule has 0 radical (unpaired) electrons. The Bertz CT molecular complexity index is 193. The van der Waals surface area contributed by atoms with Crippen LogP contribution in [0.4, 0.5) is 0 Å². The van der Waals surface area contributed by atoms with Crippen LogP contribution in [0, 0.1) is 0 Å². The van der Waals surface area contributed by atoms with Crippen LogP contribution in [0.3, 0.4) is 0 Å². The molecule has 0 spiro atoms. The van der Waals surface area contributed by atoms with Crippen LogP contribution in [-0.4, -0.2) is 30.7 Å². The SMILES string of the molecule is CNCCCCCC(O)C=CCC(N)=O. The minimum absolute atomic E-state index is 0.205. The second-order valence-electron chi connectivity index (χ2n) is 3.62. The fraction of sp³-hybridized carbons (Fsp3) is 0.727. The summed E-state index contributed by atoms with van der Waals surface area (Å²) in [4.78, 5) is 10.4. The summed E-state index contributed by atoms with van der Waals surface area (Å²) >= 11 is 0. The van der Waals surface area contributed by atoms with Gasteiger partial charge in [-0.2, -0.15) is 0 Å². The number of hydrogen-bond donors (Lipinski definition) is 3. The van der Waals surface area contributed by atoms with Crippen molar-refractivity contribution >= 4 is 5.91 Å². The summed E-state index contributed by atoms with van der Waals surface area (Å²) in [6, 6.07) is 0. The summed E-state index contributed by atoms with van der Waals surface area (Å²) in [5.74, 6) is -0.368. The number of carbonyl (C=O) groups excluding carboxylic acids is 1. The molecule has 0 saturated heterocycles. The first-order valence-electron chi connectivity index (χ1n) is 5.44. The van der Waals surface area contributed by atoms with Crippen molar-refractivity contribution < 1.29 is 9.90 Å². The number of primary amides is 1. The molecular weight excluding hydrogens is 192 g/mol. The number of aliphatic hydroxyl groups excluding tert-OH is 1. The maximum Gasteiger partial charge on any atom is 0.221 e. The molecule has 0 heterocycles. The molecule has 0 aromatic carbocycles. The first kappa shape index (κ1) is 14.1. The summed E-state index contributed by atoms with van der Waals surface area (Å²) in [5.41, 5.74) is 4.95. The van der Waals surface area contributed by atoms with Gasteiger partial charge in [0, 0.05) is 6.42 Å². The van der Waals surface area contributed by atoms with Gasteiger partial charge in [-0.25, -0.2) is 0 Å². The maximum atomic E-state index is 10.4. The Balaban J connectivity index is 3.36. The van der Waals surface area contributed by atoms with Crippen molar-refractivity contribution in [3.63, 3.8) is 0 Å². The van der Waals surface area contributed by atoms with Crippen LogP contribution in [0.2, 0.25) is 0 Å². The predicted molar refractivity (Wildman–Crippen MR) is 61.4 cm³/mol. The zero-order valence-electron chi connectivity index (χ0n) is 9.41. The van der Waals surface area contributed by atoms with Gasteiger partial charge in [0.1, 0.15) is 0 Å². The van der Waals surface area contributed by atoms with Gasteiger partial charge in [-0.15, -0.1) is 0 Å². The van der Waals surface area contributed by atoms with Crippen LogP contribution in [0.1, 0.15) is 32.1 Å². The van der Waals surface area contributed by atoms with Crippen molar-refractivity contribution in [1.29, 1.82) is 0 Å². The summed E-state index contributed by atoms with van der Waals surface area (Å²) in [7, 11) is 1.93. The lowest BCUT2D eigenvalue weighted by molar-refractivity contribution is -0.117. The zero-order chi connectivity index (χ0) is 11.5. The molecule has 88 valence electrons. The largest absolute Gasteiger partial charge is 0.389 e. The Morgan fingerprint density at radius 3 is 2.80 bits per heavy atom. The van der Waals surface area contributed by atoms with Gasteiger partial charge in [-0.3, -0.25) is 4.79 Å². The number of aliphatic hydroxyl groups is 1. The van der Waals surface area contributed by atoms with Gasteiger partial charge in [0.25, 0.3) is 0 Å².